The fourth-order valence-corrected chi connectivity index (χ4v) is 0.247. The molecule has 0 unspecified atom stereocenters. The minimum absolute atomic E-state index is 0.396. The molecule has 0 rings (SSSR count). The highest BCUT2D eigenvalue weighted by atomic mass is 16.4. The van der Waals surface area contributed by atoms with Crippen LogP contribution in [-0.2, 0) is 9.59 Å². The molecule has 0 amide bonds. The molecular formula is C5H8O3. The Morgan fingerprint density at radius 2 is 2.00 bits per heavy atom. The van der Waals surface area contributed by atoms with Crippen LogP contribution < -0.4 is 0 Å². The number of carboxylic acid groups (broad SMARTS) is 1. The normalized spacial score (nSPS) is 9.38. The smallest absolute Gasteiger partial charge is 0.372 e. The molecule has 8 heavy (non-hydrogen) atoms. The molecule has 0 bridgehead atoms. The van der Waals surface area contributed by atoms with E-state index in [0.29, 0.717) is 0 Å². The summed E-state index contributed by atoms with van der Waals surface area (Å²) < 4.78 is 0. The zero-order valence-electron chi connectivity index (χ0n) is 4.84. The van der Waals surface area contributed by atoms with Gasteiger partial charge in [0.1, 0.15) is 0 Å². The summed E-state index contributed by atoms with van der Waals surface area (Å²) in [6.45, 7) is 3.10. The third-order valence-corrected chi connectivity index (χ3v) is 0.735. The van der Waals surface area contributed by atoms with Gasteiger partial charge in [0.15, 0.2) is 0 Å². The van der Waals surface area contributed by atoms with Gasteiger partial charge in [0, 0.05) is 5.92 Å². The van der Waals surface area contributed by atoms with Gasteiger partial charge in [-0.3, -0.25) is 4.79 Å². The maximum atomic E-state index is 10.2. The molecule has 0 atom stereocenters. The van der Waals surface area contributed by atoms with E-state index in [1.165, 1.54) is 0 Å². The molecule has 0 aliphatic heterocycles. The highest BCUT2D eigenvalue weighted by molar-refractivity contribution is 6.33. The van der Waals surface area contributed by atoms with Crippen molar-refractivity contribution < 1.29 is 14.7 Å². The lowest BCUT2D eigenvalue weighted by Gasteiger charge is -1.93. The van der Waals surface area contributed by atoms with Gasteiger partial charge in [-0.25, -0.2) is 4.79 Å². The number of carbonyl (C=O) groups is 2. The Hall–Kier alpha value is -0.860. The van der Waals surface area contributed by atoms with Crippen LogP contribution in [0.15, 0.2) is 0 Å². The summed E-state index contributed by atoms with van der Waals surface area (Å²) in [7, 11) is 0. The van der Waals surface area contributed by atoms with Crippen molar-refractivity contribution in [3.63, 3.8) is 0 Å². The molecule has 0 fully saturated rings. The molecule has 3 heteroatoms. The second-order valence-corrected chi connectivity index (χ2v) is 1.82. The summed E-state index contributed by atoms with van der Waals surface area (Å²) in [5, 5.41) is 8.00. The average molecular weight is 118 g/mol. The summed E-state index contributed by atoms with van der Waals surface area (Å²) in [4.78, 5) is 20.0. The predicted octanol–water partition coefficient (Wildman–Crippen LogP) is 0.296. The van der Waals surface area contributed by atoms with E-state index in [1.807, 2.05) is 0 Å². The van der Waals surface area contributed by atoms with Crippen molar-refractivity contribution >= 4 is 11.8 Å². The molecule has 0 aliphatic rings. The largest absolute Gasteiger partial charge is 0.475 e. The second-order valence-electron chi connectivity index (χ2n) is 1.82. The van der Waals surface area contributed by atoms with Gasteiger partial charge in [-0.05, 0) is 0 Å². The molecular weight excluding hydrogens is 110 g/mol. The summed E-state index contributed by atoms with van der Waals surface area (Å²) in [5.41, 5.74) is 0. The SMILES string of the molecule is CC(C)[14C](=O)C(=O)O. The Labute approximate surface area is 47.3 Å². The molecule has 0 radical (unpaired) electrons. The van der Waals surface area contributed by atoms with Gasteiger partial charge < -0.3 is 5.11 Å². The number of hydrogen-bond acceptors (Lipinski definition) is 2. The molecule has 0 spiro atoms. The van der Waals surface area contributed by atoms with Crippen molar-refractivity contribution in [1.29, 1.82) is 0 Å². The van der Waals surface area contributed by atoms with E-state index in [9.17, 15) is 9.59 Å². The van der Waals surface area contributed by atoms with Crippen LogP contribution >= 0.6 is 0 Å². The Morgan fingerprint density at radius 1 is 1.62 bits per heavy atom. The molecule has 3 nitrogen and oxygen atoms in total. The van der Waals surface area contributed by atoms with Crippen molar-refractivity contribution in [3.8, 4) is 0 Å². The van der Waals surface area contributed by atoms with Crippen LogP contribution in [0.1, 0.15) is 13.8 Å². The fourth-order valence-electron chi connectivity index (χ4n) is 0.247. The van der Waals surface area contributed by atoms with E-state index in [4.69, 9.17) is 5.11 Å². The number of Topliss-reactive ketones (excluding diaryl/α,β-unsaturated/α-hetero) is 1. The van der Waals surface area contributed by atoms with E-state index >= 15 is 0 Å². The number of hydrogen-bond donors (Lipinski definition) is 1. The van der Waals surface area contributed by atoms with Gasteiger partial charge in [0.05, 0.1) is 0 Å². The number of carboxylic acids is 1. The number of ketones is 1. The van der Waals surface area contributed by atoms with E-state index in [2.05, 4.69) is 0 Å². The second kappa shape index (κ2) is 2.45. The minimum atomic E-state index is -1.35. The maximum absolute atomic E-state index is 10.2. The summed E-state index contributed by atoms with van der Waals surface area (Å²) in [6, 6.07) is 0. The van der Waals surface area contributed by atoms with Crippen LogP contribution in [0.25, 0.3) is 0 Å². The van der Waals surface area contributed by atoms with Gasteiger partial charge in [-0.2, -0.15) is 0 Å². The first kappa shape index (κ1) is 7.14. The first-order valence-corrected chi connectivity index (χ1v) is 2.33. The predicted molar refractivity (Wildman–Crippen MR) is 27.5 cm³/mol. The molecule has 0 aromatic heterocycles. The van der Waals surface area contributed by atoms with Crippen LogP contribution in [0.3, 0.4) is 0 Å². The van der Waals surface area contributed by atoms with Crippen molar-refractivity contribution in [2.75, 3.05) is 0 Å². The molecule has 46 valence electrons. The van der Waals surface area contributed by atoms with Crippen molar-refractivity contribution in [2.24, 2.45) is 5.92 Å². The first-order chi connectivity index (χ1) is 3.55. The van der Waals surface area contributed by atoms with Crippen LogP contribution in [0.4, 0.5) is 0 Å². The van der Waals surface area contributed by atoms with E-state index in [1.54, 1.807) is 13.8 Å². The highest BCUT2D eigenvalue weighted by Gasteiger charge is 2.14. The van der Waals surface area contributed by atoms with Crippen LogP contribution in [-0.4, -0.2) is 16.9 Å². The molecule has 0 aromatic carbocycles. The van der Waals surface area contributed by atoms with E-state index in [0.717, 1.165) is 0 Å². The van der Waals surface area contributed by atoms with Crippen molar-refractivity contribution in [2.45, 2.75) is 13.8 Å². The summed E-state index contributed by atoms with van der Waals surface area (Å²) in [6.07, 6.45) is 0. The zero-order chi connectivity index (χ0) is 6.73. The van der Waals surface area contributed by atoms with Crippen molar-refractivity contribution in [3.05, 3.63) is 0 Å². The third kappa shape index (κ3) is 1.73. The average Bonchev–Trinajstić information content (AvgIpc) is 1.64. The molecule has 0 aromatic rings. The Balaban J connectivity index is 3.84. The lowest BCUT2D eigenvalue weighted by molar-refractivity contribution is -0.150. The van der Waals surface area contributed by atoms with Gasteiger partial charge in [0.25, 0.3) is 0 Å². The molecule has 0 saturated carbocycles. The molecule has 0 saturated heterocycles. The third-order valence-electron chi connectivity index (χ3n) is 0.735. The highest BCUT2D eigenvalue weighted by Crippen LogP contribution is 1.92. The van der Waals surface area contributed by atoms with E-state index in [-0.39, 0.29) is 0 Å². The van der Waals surface area contributed by atoms with Gasteiger partial charge >= 0.3 is 5.97 Å². The topological polar surface area (TPSA) is 54.4 Å². The lowest BCUT2D eigenvalue weighted by atomic mass is 10.4. The molecule has 0 aliphatic carbocycles. The molecule has 1 N–H and O–H groups in total. The summed E-state index contributed by atoms with van der Waals surface area (Å²) in [5.74, 6) is -2.47. The lowest BCUT2D eigenvalue weighted by Crippen LogP contribution is -2.18. The zero-order valence-corrected chi connectivity index (χ0v) is 4.84. The summed E-state index contributed by atoms with van der Waals surface area (Å²) >= 11 is 0. The number of carbonyl (C=O) groups excluding carboxylic acids is 1. The van der Waals surface area contributed by atoms with E-state index < -0.39 is 17.7 Å². The first-order valence-electron chi connectivity index (χ1n) is 2.33. The minimum Gasteiger partial charge on any atom is -0.475 e. The standard InChI is InChI=1S/C5H8O3/c1-3(2)4(6)5(7)8/h3H,1-2H3,(H,7,8)/i4+2. The quantitative estimate of drug-likeness (QED) is 0.530. The van der Waals surface area contributed by atoms with Crippen LogP contribution in [0.5, 0.6) is 0 Å². The number of aliphatic carboxylic acids is 1. The Bertz CT molecular complexity index is 115. The van der Waals surface area contributed by atoms with Crippen LogP contribution in [0.2, 0.25) is 0 Å². The number of rotatable bonds is 2. The maximum Gasteiger partial charge on any atom is 0.372 e. The van der Waals surface area contributed by atoms with Gasteiger partial charge in [-0.15, -0.1) is 0 Å². The Morgan fingerprint density at radius 3 is 2.00 bits per heavy atom. The fraction of sp³-hybridized carbons (Fsp3) is 0.600. The molecule has 0 heterocycles. The van der Waals surface area contributed by atoms with Gasteiger partial charge in [-0.1, -0.05) is 13.8 Å². The Kier molecular flexibility index (Phi) is 2.19. The van der Waals surface area contributed by atoms with Crippen LogP contribution in [0, 0.1) is 5.92 Å². The van der Waals surface area contributed by atoms with Gasteiger partial charge in [0.2, 0.25) is 5.78 Å². The van der Waals surface area contributed by atoms with Crippen molar-refractivity contribution in [1.82, 2.24) is 0 Å². The monoisotopic (exact) mass is 118 g/mol.